The van der Waals surface area contributed by atoms with Crippen LogP contribution in [-0.2, 0) is 9.53 Å². The van der Waals surface area contributed by atoms with Crippen LogP contribution in [0.2, 0.25) is 0 Å². The molecule has 3 aromatic rings. The van der Waals surface area contributed by atoms with Crippen LogP contribution in [0.3, 0.4) is 0 Å². The van der Waals surface area contributed by atoms with Crippen molar-refractivity contribution in [3.05, 3.63) is 40.0 Å². The van der Waals surface area contributed by atoms with Gasteiger partial charge in [0.05, 0.1) is 21.3 Å². The van der Waals surface area contributed by atoms with E-state index in [0.717, 1.165) is 69.9 Å². The summed E-state index contributed by atoms with van der Waals surface area (Å²) >= 11 is 3.26. The van der Waals surface area contributed by atoms with Crippen LogP contribution in [-0.4, -0.2) is 50.1 Å². The summed E-state index contributed by atoms with van der Waals surface area (Å²) < 4.78 is 5.04. The van der Waals surface area contributed by atoms with Crippen molar-refractivity contribution in [1.82, 2.24) is 19.9 Å². The summed E-state index contributed by atoms with van der Waals surface area (Å²) in [5.41, 5.74) is 3.16. The summed E-state index contributed by atoms with van der Waals surface area (Å²) in [5, 5.41) is 22.2. The standard InChI is InChI=1S/C14H14N4S2.C11H17N3O2.C2H6/c1-8-4-5-12(15-6-8)18-14-17-11(7-19-14)13-9(2)16-10(3)20-13;1-7(12)16-11(13)8-4-9-2-3-10(5-8)14(9)6-15;1-2/h4-7H,1-3H3,(H,15,17,18);6,8-10,12-13H,2-5H2,1H3;1-2H3/t;8?,9-,10+;. The second-order valence-electron chi connectivity index (χ2n) is 9.16. The van der Waals surface area contributed by atoms with Crippen LogP contribution < -0.4 is 5.32 Å². The van der Waals surface area contributed by atoms with Gasteiger partial charge in [-0.25, -0.2) is 15.0 Å². The number of hydrogen-bond acceptors (Lipinski definition) is 10. The van der Waals surface area contributed by atoms with Crippen molar-refractivity contribution in [1.29, 1.82) is 10.8 Å². The fourth-order valence-corrected chi connectivity index (χ4v) is 6.37. The Morgan fingerprint density at radius 2 is 1.82 bits per heavy atom. The molecular formula is C27H37N7O2S2. The third kappa shape index (κ3) is 7.44. The van der Waals surface area contributed by atoms with E-state index in [1.165, 1.54) is 6.92 Å². The van der Waals surface area contributed by atoms with Gasteiger partial charge in [-0.2, -0.15) is 0 Å². The molecule has 0 saturated carbocycles. The Bertz CT molecular complexity index is 1220. The van der Waals surface area contributed by atoms with Crippen LogP contribution in [0.1, 0.15) is 62.7 Å². The number of thiazole rings is 2. The van der Waals surface area contributed by atoms with Gasteiger partial charge >= 0.3 is 0 Å². The molecule has 1 unspecified atom stereocenters. The number of carbonyl (C=O) groups is 1. The number of amides is 1. The Kier molecular flexibility index (Phi) is 10.5. The van der Waals surface area contributed by atoms with Crippen molar-refractivity contribution in [3.8, 4) is 10.6 Å². The van der Waals surface area contributed by atoms with Crippen molar-refractivity contribution in [2.45, 2.75) is 79.3 Å². The molecule has 2 saturated heterocycles. The van der Waals surface area contributed by atoms with Crippen LogP contribution in [0, 0.1) is 37.5 Å². The monoisotopic (exact) mass is 555 g/mol. The minimum absolute atomic E-state index is 0.0650. The molecule has 38 heavy (non-hydrogen) atoms. The number of rotatable bonds is 5. The molecule has 204 valence electrons. The minimum Gasteiger partial charge on any atom is -0.430 e. The summed E-state index contributed by atoms with van der Waals surface area (Å²) in [6, 6.07) is 4.53. The Balaban J connectivity index is 0.000000202. The van der Waals surface area contributed by atoms with E-state index in [1.54, 1.807) is 22.7 Å². The zero-order chi connectivity index (χ0) is 27.8. The second kappa shape index (κ2) is 13.6. The van der Waals surface area contributed by atoms with Gasteiger partial charge in [-0.05, 0) is 58.1 Å². The Hall–Kier alpha value is -3.18. The first kappa shape index (κ1) is 29.4. The summed E-state index contributed by atoms with van der Waals surface area (Å²) in [5.74, 6) is 1.15. The normalized spacial score (nSPS) is 19.4. The van der Waals surface area contributed by atoms with Gasteiger partial charge in [0.2, 0.25) is 6.41 Å². The molecule has 2 aliphatic heterocycles. The molecule has 3 atom stereocenters. The molecule has 0 spiro atoms. The van der Waals surface area contributed by atoms with Crippen LogP contribution in [0.4, 0.5) is 10.9 Å². The topological polar surface area (TPSA) is 128 Å². The number of nitrogens with zero attached hydrogens (tertiary/aromatic N) is 4. The number of aromatic nitrogens is 3. The number of hydrogen-bond donors (Lipinski definition) is 3. The molecule has 0 aromatic carbocycles. The summed E-state index contributed by atoms with van der Waals surface area (Å²) in [6.07, 6.45) is 6.47. The van der Waals surface area contributed by atoms with E-state index < -0.39 is 0 Å². The van der Waals surface area contributed by atoms with Gasteiger partial charge in [0.15, 0.2) is 16.9 Å². The number of aryl methyl sites for hydroxylation is 3. The summed E-state index contributed by atoms with van der Waals surface area (Å²) in [6.45, 7) is 11.6. The summed E-state index contributed by atoms with van der Waals surface area (Å²) in [4.78, 5) is 27.3. The lowest BCUT2D eigenvalue weighted by molar-refractivity contribution is -0.122. The van der Waals surface area contributed by atoms with Crippen molar-refractivity contribution in [2.75, 3.05) is 5.32 Å². The predicted octanol–water partition coefficient (Wildman–Crippen LogP) is 6.73. The first-order valence-electron chi connectivity index (χ1n) is 12.9. The van der Waals surface area contributed by atoms with Crippen LogP contribution in [0.25, 0.3) is 10.6 Å². The first-order valence-corrected chi connectivity index (χ1v) is 14.6. The van der Waals surface area contributed by atoms with Crippen molar-refractivity contribution >= 4 is 51.8 Å². The average Bonchev–Trinajstić information content (AvgIpc) is 3.56. The molecule has 9 nitrogen and oxygen atoms in total. The molecule has 5 rings (SSSR count). The lowest BCUT2D eigenvalue weighted by atomic mass is 9.91. The lowest BCUT2D eigenvalue weighted by Gasteiger charge is -2.36. The number of pyridine rings is 1. The predicted molar refractivity (Wildman–Crippen MR) is 156 cm³/mol. The number of fused-ring (bicyclic) bond motifs is 2. The van der Waals surface area contributed by atoms with E-state index in [4.69, 9.17) is 15.6 Å². The van der Waals surface area contributed by atoms with E-state index in [1.807, 2.05) is 57.8 Å². The Morgan fingerprint density at radius 3 is 2.34 bits per heavy atom. The van der Waals surface area contributed by atoms with Crippen molar-refractivity contribution in [2.24, 2.45) is 5.92 Å². The van der Waals surface area contributed by atoms with Gasteiger partial charge in [0.25, 0.3) is 0 Å². The van der Waals surface area contributed by atoms with Gasteiger partial charge in [-0.15, -0.1) is 22.7 Å². The largest absolute Gasteiger partial charge is 0.430 e. The Labute approximate surface area is 232 Å². The molecule has 3 aromatic heterocycles. The smallest absolute Gasteiger partial charge is 0.210 e. The molecule has 3 N–H and O–H groups in total. The molecule has 2 bridgehead atoms. The molecule has 1 amide bonds. The Morgan fingerprint density at radius 1 is 1.13 bits per heavy atom. The van der Waals surface area contributed by atoms with Crippen LogP contribution in [0.15, 0.2) is 23.7 Å². The number of carbonyl (C=O) groups excluding carboxylic acids is 1. The van der Waals surface area contributed by atoms with Crippen molar-refractivity contribution < 1.29 is 9.53 Å². The molecular weight excluding hydrogens is 518 g/mol. The maximum Gasteiger partial charge on any atom is 0.210 e. The summed E-state index contributed by atoms with van der Waals surface area (Å²) in [7, 11) is 0. The van der Waals surface area contributed by atoms with Gasteiger partial charge in [0, 0.05) is 36.5 Å². The van der Waals surface area contributed by atoms with Gasteiger partial charge in [-0.3, -0.25) is 15.6 Å². The second-order valence-corrected chi connectivity index (χ2v) is 11.2. The highest BCUT2D eigenvalue weighted by Crippen LogP contribution is 2.38. The third-order valence-electron chi connectivity index (χ3n) is 6.33. The van der Waals surface area contributed by atoms with E-state index in [-0.39, 0.29) is 29.8 Å². The number of nitrogens with one attached hydrogen (secondary N) is 3. The average molecular weight is 556 g/mol. The maximum absolute atomic E-state index is 10.9. The quantitative estimate of drug-likeness (QED) is 0.182. The highest BCUT2D eigenvalue weighted by molar-refractivity contribution is 7.16. The number of anilines is 2. The van der Waals surface area contributed by atoms with Gasteiger partial charge < -0.3 is 15.0 Å². The molecule has 0 aliphatic carbocycles. The number of ether oxygens (including phenoxy) is 1. The van der Waals surface area contributed by atoms with Crippen LogP contribution in [0.5, 0.6) is 0 Å². The molecule has 11 heteroatoms. The lowest BCUT2D eigenvalue weighted by Crippen LogP contribution is -2.44. The minimum atomic E-state index is 0.0650. The van der Waals surface area contributed by atoms with Crippen LogP contribution >= 0.6 is 22.7 Å². The van der Waals surface area contributed by atoms with E-state index in [2.05, 4.69) is 25.6 Å². The van der Waals surface area contributed by atoms with Crippen molar-refractivity contribution in [3.63, 3.8) is 0 Å². The van der Waals surface area contributed by atoms with Gasteiger partial charge in [0.1, 0.15) is 5.82 Å². The highest BCUT2D eigenvalue weighted by atomic mass is 32.1. The van der Waals surface area contributed by atoms with Gasteiger partial charge in [-0.1, -0.05) is 19.9 Å². The highest BCUT2D eigenvalue weighted by Gasteiger charge is 2.41. The molecule has 2 fully saturated rings. The first-order chi connectivity index (χ1) is 18.2. The molecule has 2 aliphatic rings. The molecule has 0 radical (unpaired) electrons. The van der Waals surface area contributed by atoms with E-state index in [9.17, 15) is 4.79 Å². The zero-order valence-corrected chi connectivity index (χ0v) is 24.5. The maximum atomic E-state index is 10.9. The SMILES string of the molecule is CC.CC(=N)OC(=N)C1C[C@H]2CC[C@@H](C1)N2C=O.Cc1ccc(Nc2nc(-c3sc(C)nc3C)cs2)nc1. The van der Waals surface area contributed by atoms with E-state index >= 15 is 0 Å². The number of piperidine rings is 1. The third-order valence-corrected chi connectivity index (χ3v) is 8.18. The fourth-order valence-electron chi connectivity index (χ4n) is 4.70. The van der Waals surface area contributed by atoms with E-state index in [0.29, 0.717) is 0 Å². The molecule has 5 heterocycles. The fraction of sp³-hybridized carbons (Fsp3) is 0.481. The zero-order valence-electron chi connectivity index (χ0n) is 22.9.